The summed E-state index contributed by atoms with van der Waals surface area (Å²) < 4.78 is 55.0. The van der Waals surface area contributed by atoms with Crippen LogP contribution in [0.4, 0.5) is 18.9 Å². The Bertz CT molecular complexity index is 871. The van der Waals surface area contributed by atoms with Gasteiger partial charge in [-0.25, -0.2) is 0 Å². The molecule has 2 aromatic rings. The van der Waals surface area contributed by atoms with Crippen LogP contribution in [-0.2, 0) is 17.5 Å². The van der Waals surface area contributed by atoms with Crippen molar-refractivity contribution in [3.05, 3.63) is 53.6 Å². The number of aliphatic hydroxyl groups is 1. The summed E-state index contributed by atoms with van der Waals surface area (Å²) in [4.78, 5) is 4.03. The minimum Gasteiger partial charge on any atom is -0.493 e. The van der Waals surface area contributed by atoms with Gasteiger partial charge in [-0.15, -0.1) is 0 Å². The van der Waals surface area contributed by atoms with Gasteiger partial charge in [0.05, 0.1) is 39.1 Å². The summed E-state index contributed by atoms with van der Waals surface area (Å²) in [5.41, 5.74) is 0.835. The van der Waals surface area contributed by atoms with E-state index in [1.165, 1.54) is 12.1 Å². The number of ether oxygens (including phenoxy) is 3. The number of piperazine rings is 1. The number of benzene rings is 2. The van der Waals surface area contributed by atoms with E-state index in [2.05, 4.69) is 4.90 Å². The van der Waals surface area contributed by atoms with Crippen molar-refractivity contribution >= 4 is 5.69 Å². The van der Waals surface area contributed by atoms with Crippen LogP contribution >= 0.6 is 0 Å². The number of alkyl halides is 3. The fraction of sp³-hybridized carbons (Fsp3) is 0.478. The summed E-state index contributed by atoms with van der Waals surface area (Å²) in [5, 5.41) is 10.3. The molecule has 0 radical (unpaired) electrons. The van der Waals surface area contributed by atoms with E-state index in [4.69, 9.17) is 14.2 Å². The van der Waals surface area contributed by atoms with Gasteiger partial charge in [-0.2, -0.15) is 13.2 Å². The molecule has 9 heteroatoms. The van der Waals surface area contributed by atoms with E-state index in [9.17, 15) is 18.3 Å². The molecule has 0 bridgehead atoms. The van der Waals surface area contributed by atoms with E-state index in [0.29, 0.717) is 56.5 Å². The first-order valence-corrected chi connectivity index (χ1v) is 10.4. The van der Waals surface area contributed by atoms with Crippen LogP contribution in [0.2, 0.25) is 0 Å². The van der Waals surface area contributed by atoms with Crippen LogP contribution in [0.25, 0.3) is 0 Å². The van der Waals surface area contributed by atoms with Gasteiger partial charge in [-0.3, -0.25) is 4.90 Å². The van der Waals surface area contributed by atoms with Gasteiger partial charge in [0.15, 0.2) is 11.5 Å². The van der Waals surface area contributed by atoms with Gasteiger partial charge in [0.25, 0.3) is 0 Å². The molecule has 0 amide bonds. The summed E-state index contributed by atoms with van der Waals surface area (Å²) >= 11 is 0. The highest BCUT2D eigenvalue weighted by Gasteiger charge is 2.31. The lowest BCUT2D eigenvalue weighted by atomic mass is 10.1. The van der Waals surface area contributed by atoms with Crippen molar-refractivity contribution < 1.29 is 32.5 Å². The predicted molar refractivity (Wildman–Crippen MR) is 115 cm³/mol. The molecular formula is C23H29F3N2O4. The third-order valence-corrected chi connectivity index (χ3v) is 5.41. The molecule has 3 rings (SSSR count). The second-order valence-corrected chi connectivity index (χ2v) is 7.69. The summed E-state index contributed by atoms with van der Waals surface area (Å²) in [6.45, 7) is 3.47. The molecular weight excluding hydrogens is 425 g/mol. The van der Waals surface area contributed by atoms with Crippen molar-refractivity contribution in [1.29, 1.82) is 0 Å². The van der Waals surface area contributed by atoms with Gasteiger partial charge in [-0.1, -0.05) is 12.1 Å². The Morgan fingerprint density at radius 1 is 0.969 bits per heavy atom. The number of methoxy groups -OCH3 is 2. The molecule has 0 spiro atoms. The van der Waals surface area contributed by atoms with Crippen molar-refractivity contribution in [1.82, 2.24) is 4.90 Å². The lowest BCUT2D eigenvalue weighted by Gasteiger charge is -2.37. The summed E-state index contributed by atoms with van der Waals surface area (Å²) in [5.74, 6) is 1.26. The van der Waals surface area contributed by atoms with Crippen LogP contribution < -0.4 is 14.4 Å². The number of hydrogen-bond donors (Lipinski definition) is 1. The molecule has 0 unspecified atom stereocenters. The van der Waals surface area contributed by atoms with Crippen LogP contribution in [0, 0.1) is 0 Å². The Morgan fingerprint density at radius 3 is 2.34 bits per heavy atom. The monoisotopic (exact) mass is 454 g/mol. The van der Waals surface area contributed by atoms with E-state index >= 15 is 0 Å². The highest BCUT2D eigenvalue weighted by atomic mass is 19.4. The zero-order valence-electron chi connectivity index (χ0n) is 18.3. The molecule has 1 saturated heterocycles. The zero-order chi connectivity index (χ0) is 23.1. The van der Waals surface area contributed by atoms with E-state index in [-0.39, 0.29) is 6.61 Å². The molecule has 0 aliphatic carbocycles. The number of anilines is 1. The first-order valence-electron chi connectivity index (χ1n) is 10.4. The van der Waals surface area contributed by atoms with Crippen molar-refractivity contribution in [2.75, 3.05) is 58.5 Å². The third kappa shape index (κ3) is 6.51. The highest BCUT2D eigenvalue weighted by molar-refractivity contribution is 5.49. The Morgan fingerprint density at radius 2 is 1.69 bits per heavy atom. The predicted octanol–water partition coefficient (Wildman–Crippen LogP) is 3.42. The minimum atomic E-state index is -4.35. The maximum absolute atomic E-state index is 12.9. The lowest BCUT2D eigenvalue weighted by Crippen LogP contribution is -2.49. The molecule has 1 fully saturated rings. The number of halogens is 3. The molecule has 32 heavy (non-hydrogen) atoms. The van der Waals surface area contributed by atoms with Crippen molar-refractivity contribution in [2.24, 2.45) is 0 Å². The topological polar surface area (TPSA) is 54.4 Å². The molecule has 1 heterocycles. The van der Waals surface area contributed by atoms with Crippen LogP contribution in [-0.4, -0.2) is 69.7 Å². The minimum absolute atomic E-state index is 0.183. The van der Waals surface area contributed by atoms with Gasteiger partial charge in [0.2, 0.25) is 0 Å². The first-order chi connectivity index (χ1) is 15.3. The molecule has 1 aliphatic heterocycles. The van der Waals surface area contributed by atoms with Crippen LogP contribution in [0.5, 0.6) is 11.5 Å². The number of hydrogen-bond acceptors (Lipinski definition) is 6. The fourth-order valence-corrected chi connectivity index (χ4v) is 3.70. The fourth-order valence-electron chi connectivity index (χ4n) is 3.70. The van der Waals surface area contributed by atoms with Gasteiger partial charge in [0.1, 0.15) is 0 Å². The molecule has 6 nitrogen and oxygen atoms in total. The summed E-state index contributed by atoms with van der Waals surface area (Å²) in [7, 11) is 3.14. The van der Waals surface area contributed by atoms with Crippen molar-refractivity contribution in [3.8, 4) is 11.5 Å². The third-order valence-electron chi connectivity index (χ3n) is 5.41. The maximum atomic E-state index is 12.9. The van der Waals surface area contributed by atoms with E-state index in [1.54, 1.807) is 26.4 Å². The standard InChI is InChI=1S/C23H29F3N2O4/c1-30-21-7-6-17(12-22(21)31-2)15-32-16-20(29)14-27-8-10-28(11-9-27)19-5-3-4-18(13-19)23(24,25)26/h3-7,12-13,20,29H,8-11,14-16H2,1-2H3/t20-/m1/s1. The van der Waals surface area contributed by atoms with Gasteiger partial charge >= 0.3 is 6.18 Å². The van der Waals surface area contributed by atoms with E-state index in [0.717, 1.165) is 11.6 Å². The summed E-state index contributed by atoms with van der Waals surface area (Å²) in [6, 6.07) is 10.9. The SMILES string of the molecule is COc1ccc(COC[C@H](O)CN2CCN(c3cccc(C(F)(F)F)c3)CC2)cc1OC. The molecule has 1 N–H and O–H groups in total. The maximum Gasteiger partial charge on any atom is 0.416 e. The Hall–Kier alpha value is -2.49. The first kappa shape index (κ1) is 24.2. The molecule has 0 aromatic heterocycles. The number of nitrogens with zero attached hydrogens (tertiary/aromatic N) is 2. The van der Waals surface area contributed by atoms with E-state index in [1.807, 2.05) is 17.0 Å². The molecule has 1 aliphatic rings. The molecule has 2 aromatic carbocycles. The summed E-state index contributed by atoms with van der Waals surface area (Å²) in [6.07, 6.45) is -5.01. The van der Waals surface area contributed by atoms with Gasteiger partial charge in [-0.05, 0) is 35.9 Å². The lowest BCUT2D eigenvalue weighted by molar-refractivity contribution is -0.137. The van der Waals surface area contributed by atoms with Crippen molar-refractivity contribution in [2.45, 2.75) is 18.9 Å². The average Bonchev–Trinajstić information content (AvgIpc) is 2.79. The van der Waals surface area contributed by atoms with E-state index < -0.39 is 17.8 Å². The quantitative estimate of drug-likeness (QED) is 0.627. The number of aliphatic hydroxyl groups excluding tert-OH is 1. The van der Waals surface area contributed by atoms with Gasteiger partial charge in [0, 0.05) is 38.4 Å². The largest absolute Gasteiger partial charge is 0.493 e. The number of β-amino-alcohol motifs (C(OH)–C–C–N with tert-alkyl or cyclic N) is 1. The molecule has 1 atom stereocenters. The Balaban J connectivity index is 1.42. The Labute approximate surface area is 186 Å². The van der Waals surface area contributed by atoms with Gasteiger partial charge < -0.3 is 24.2 Å². The Kier molecular flexibility index (Phi) is 8.22. The second-order valence-electron chi connectivity index (χ2n) is 7.69. The second kappa shape index (κ2) is 10.9. The van der Waals surface area contributed by atoms with Crippen LogP contribution in [0.1, 0.15) is 11.1 Å². The molecule has 0 saturated carbocycles. The van der Waals surface area contributed by atoms with Crippen LogP contribution in [0.3, 0.4) is 0 Å². The normalized spacial score (nSPS) is 16.1. The molecule has 176 valence electrons. The highest BCUT2D eigenvalue weighted by Crippen LogP contribution is 2.32. The zero-order valence-corrected chi connectivity index (χ0v) is 18.3. The van der Waals surface area contributed by atoms with Crippen LogP contribution in [0.15, 0.2) is 42.5 Å². The van der Waals surface area contributed by atoms with Crippen molar-refractivity contribution in [3.63, 3.8) is 0 Å². The smallest absolute Gasteiger partial charge is 0.416 e. The number of rotatable bonds is 9. The average molecular weight is 454 g/mol.